The Morgan fingerprint density at radius 2 is 2.24 bits per heavy atom. The number of nitrogens with one attached hydrogen (secondary N) is 1. The molecule has 0 aliphatic carbocycles. The van der Waals surface area contributed by atoms with E-state index in [1.807, 2.05) is 6.07 Å². The molecule has 17 heavy (non-hydrogen) atoms. The van der Waals surface area contributed by atoms with Crippen LogP contribution in [0.5, 0.6) is 0 Å². The minimum atomic E-state index is 0.940. The summed E-state index contributed by atoms with van der Waals surface area (Å²) in [5.74, 6) is 0.940. The average molecular weight is 307 g/mol. The van der Waals surface area contributed by atoms with E-state index in [4.69, 9.17) is 0 Å². The molecule has 0 saturated heterocycles. The Morgan fingerprint density at radius 3 is 2.94 bits per heavy atom. The minimum Gasteiger partial charge on any atom is -0.337 e. The van der Waals surface area contributed by atoms with Gasteiger partial charge in [0.25, 0.3) is 0 Å². The van der Waals surface area contributed by atoms with Crippen LogP contribution in [-0.2, 0) is 6.42 Å². The highest BCUT2D eigenvalue weighted by Crippen LogP contribution is 2.32. The Kier molecular flexibility index (Phi) is 2.76. The van der Waals surface area contributed by atoms with Crippen LogP contribution in [-0.4, -0.2) is 9.97 Å². The van der Waals surface area contributed by atoms with E-state index in [1.54, 1.807) is 11.3 Å². The molecule has 1 aromatic carbocycles. The van der Waals surface area contributed by atoms with Crippen molar-refractivity contribution in [3.05, 3.63) is 39.7 Å². The Morgan fingerprint density at radius 1 is 1.35 bits per heavy atom. The topological polar surface area (TPSA) is 28.7 Å². The number of aromatic nitrogens is 2. The van der Waals surface area contributed by atoms with E-state index < -0.39 is 0 Å². The van der Waals surface area contributed by atoms with Gasteiger partial charge in [0.2, 0.25) is 0 Å². The van der Waals surface area contributed by atoms with E-state index in [9.17, 15) is 0 Å². The van der Waals surface area contributed by atoms with Gasteiger partial charge in [-0.3, -0.25) is 0 Å². The molecule has 0 aliphatic heterocycles. The zero-order valence-corrected chi connectivity index (χ0v) is 11.7. The van der Waals surface area contributed by atoms with E-state index in [0.717, 1.165) is 32.6 Å². The smallest absolute Gasteiger partial charge is 0.149 e. The molecule has 0 radical (unpaired) electrons. The SMILES string of the molecule is CCc1ccc2nc(-c3sccc3Br)[nH]c2c1. The summed E-state index contributed by atoms with van der Waals surface area (Å²) in [6, 6.07) is 8.43. The first-order valence-electron chi connectivity index (χ1n) is 5.50. The second kappa shape index (κ2) is 4.27. The molecule has 0 fully saturated rings. The van der Waals surface area contributed by atoms with Gasteiger partial charge in [-0.1, -0.05) is 13.0 Å². The van der Waals surface area contributed by atoms with E-state index in [2.05, 4.69) is 56.4 Å². The number of rotatable bonds is 2. The molecule has 0 bridgehead atoms. The van der Waals surface area contributed by atoms with E-state index in [-0.39, 0.29) is 0 Å². The zero-order valence-electron chi connectivity index (χ0n) is 9.33. The lowest BCUT2D eigenvalue weighted by atomic mass is 10.1. The van der Waals surface area contributed by atoms with Crippen molar-refractivity contribution in [1.82, 2.24) is 9.97 Å². The van der Waals surface area contributed by atoms with E-state index in [0.29, 0.717) is 0 Å². The molecular formula is C13H11BrN2S. The lowest BCUT2D eigenvalue weighted by Gasteiger charge is -1.94. The number of nitrogens with zero attached hydrogens (tertiary/aromatic N) is 1. The largest absolute Gasteiger partial charge is 0.337 e. The number of thiophene rings is 1. The van der Waals surface area contributed by atoms with Crippen LogP contribution in [0, 0.1) is 0 Å². The molecular weight excluding hydrogens is 296 g/mol. The van der Waals surface area contributed by atoms with Crippen LogP contribution >= 0.6 is 27.3 Å². The fraction of sp³-hybridized carbons (Fsp3) is 0.154. The number of hydrogen-bond donors (Lipinski definition) is 1. The first kappa shape index (κ1) is 11.0. The molecule has 0 saturated carbocycles. The molecule has 1 N–H and O–H groups in total. The van der Waals surface area contributed by atoms with Crippen molar-refractivity contribution in [2.24, 2.45) is 0 Å². The van der Waals surface area contributed by atoms with Crippen molar-refractivity contribution in [2.45, 2.75) is 13.3 Å². The fourth-order valence-electron chi connectivity index (χ4n) is 1.85. The lowest BCUT2D eigenvalue weighted by Crippen LogP contribution is -1.78. The van der Waals surface area contributed by atoms with Crippen LogP contribution in [0.25, 0.3) is 21.7 Å². The highest BCUT2D eigenvalue weighted by atomic mass is 79.9. The first-order chi connectivity index (χ1) is 8.28. The predicted molar refractivity (Wildman–Crippen MR) is 76.5 cm³/mol. The second-order valence-electron chi connectivity index (χ2n) is 3.89. The zero-order chi connectivity index (χ0) is 11.8. The molecule has 2 nitrogen and oxygen atoms in total. The van der Waals surface area contributed by atoms with Crippen LogP contribution in [0.2, 0.25) is 0 Å². The molecule has 86 valence electrons. The summed E-state index contributed by atoms with van der Waals surface area (Å²) in [7, 11) is 0. The van der Waals surface area contributed by atoms with Crippen molar-refractivity contribution in [3.63, 3.8) is 0 Å². The molecule has 0 amide bonds. The molecule has 3 aromatic rings. The molecule has 3 rings (SSSR count). The Labute approximate surface area is 112 Å². The van der Waals surface area contributed by atoms with Crippen molar-refractivity contribution in [1.29, 1.82) is 0 Å². The van der Waals surface area contributed by atoms with Gasteiger partial charge in [0, 0.05) is 4.47 Å². The van der Waals surface area contributed by atoms with Gasteiger partial charge in [-0.15, -0.1) is 11.3 Å². The van der Waals surface area contributed by atoms with Crippen LogP contribution in [0.3, 0.4) is 0 Å². The Balaban J connectivity index is 2.17. The molecule has 2 aromatic heterocycles. The van der Waals surface area contributed by atoms with Gasteiger partial charge in [-0.2, -0.15) is 0 Å². The maximum absolute atomic E-state index is 4.62. The number of halogens is 1. The molecule has 2 heterocycles. The van der Waals surface area contributed by atoms with Gasteiger partial charge in [0.15, 0.2) is 0 Å². The number of benzene rings is 1. The van der Waals surface area contributed by atoms with E-state index in [1.165, 1.54) is 5.56 Å². The third-order valence-electron chi connectivity index (χ3n) is 2.79. The van der Waals surface area contributed by atoms with Gasteiger partial charge in [-0.05, 0) is 51.5 Å². The Hall–Kier alpha value is -1.13. The fourth-order valence-corrected chi connectivity index (χ4v) is 3.35. The van der Waals surface area contributed by atoms with Crippen LogP contribution in [0.4, 0.5) is 0 Å². The number of H-pyrrole nitrogens is 1. The number of hydrogen-bond acceptors (Lipinski definition) is 2. The summed E-state index contributed by atoms with van der Waals surface area (Å²) < 4.78 is 1.09. The monoisotopic (exact) mass is 306 g/mol. The minimum absolute atomic E-state index is 0.940. The van der Waals surface area contributed by atoms with Gasteiger partial charge in [0.05, 0.1) is 15.9 Å². The average Bonchev–Trinajstić information content (AvgIpc) is 2.93. The molecule has 0 atom stereocenters. The highest BCUT2D eigenvalue weighted by molar-refractivity contribution is 9.10. The van der Waals surface area contributed by atoms with Crippen molar-refractivity contribution in [2.75, 3.05) is 0 Å². The Bertz CT molecular complexity index is 669. The van der Waals surface area contributed by atoms with Crippen LogP contribution in [0.15, 0.2) is 34.1 Å². The predicted octanol–water partition coefficient (Wildman–Crippen LogP) is 4.62. The normalized spacial score (nSPS) is 11.2. The number of imidazole rings is 1. The number of aryl methyl sites for hydroxylation is 1. The van der Waals surface area contributed by atoms with Gasteiger partial charge in [0.1, 0.15) is 5.82 Å². The molecule has 4 heteroatoms. The maximum Gasteiger partial charge on any atom is 0.149 e. The van der Waals surface area contributed by atoms with Crippen LogP contribution < -0.4 is 0 Å². The standard InChI is InChI=1S/C13H11BrN2S/c1-2-8-3-4-10-11(7-8)16-13(15-10)12-9(14)5-6-17-12/h3-7H,2H2,1H3,(H,15,16). The van der Waals surface area contributed by atoms with Crippen molar-refractivity contribution >= 4 is 38.3 Å². The van der Waals surface area contributed by atoms with Crippen molar-refractivity contribution in [3.8, 4) is 10.7 Å². The first-order valence-corrected chi connectivity index (χ1v) is 7.17. The molecule has 0 spiro atoms. The summed E-state index contributed by atoms with van der Waals surface area (Å²) in [4.78, 5) is 9.15. The quantitative estimate of drug-likeness (QED) is 0.735. The highest BCUT2D eigenvalue weighted by Gasteiger charge is 2.09. The third-order valence-corrected chi connectivity index (χ3v) is 4.63. The third kappa shape index (κ3) is 1.91. The molecule has 0 unspecified atom stereocenters. The molecule has 0 aliphatic rings. The summed E-state index contributed by atoms with van der Waals surface area (Å²) in [6.45, 7) is 2.16. The van der Waals surface area contributed by atoms with Gasteiger partial charge in [-0.25, -0.2) is 4.98 Å². The summed E-state index contributed by atoms with van der Waals surface area (Å²) in [5, 5.41) is 2.06. The second-order valence-corrected chi connectivity index (χ2v) is 5.66. The number of fused-ring (bicyclic) bond motifs is 1. The van der Waals surface area contributed by atoms with Crippen LogP contribution in [0.1, 0.15) is 12.5 Å². The maximum atomic E-state index is 4.62. The summed E-state index contributed by atoms with van der Waals surface area (Å²) in [6.07, 6.45) is 1.05. The van der Waals surface area contributed by atoms with E-state index >= 15 is 0 Å². The lowest BCUT2D eigenvalue weighted by molar-refractivity contribution is 1.14. The number of aromatic amines is 1. The van der Waals surface area contributed by atoms with Gasteiger partial charge >= 0.3 is 0 Å². The summed E-state index contributed by atoms with van der Waals surface area (Å²) in [5.41, 5.74) is 3.47. The van der Waals surface area contributed by atoms with Crippen molar-refractivity contribution < 1.29 is 0 Å². The summed E-state index contributed by atoms with van der Waals surface area (Å²) >= 11 is 5.23. The van der Waals surface area contributed by atoms with Gasteiger partial charge < -0.3 is 4.98 Å².